The maximum absolute atomic E-state index is 8.71. The van der Waals surface area contributed by atoms with E-state index in [0.29, 0.717) is 11.4 Å². The Morgan fingerprint density at radius 1 is 1.50 bits per heavy atom. The number of aliphatic hydroxyl groups excluding tert-OH is 1. The fourth-order valence-electron chi connectivity index (χ4n) is 1.03. The van der Waals surface area contributed by atoms with E-state index in [1.807, 2.05) is 24.3 Å². The van der Waals surface area contributed by atoms with Crippen LogP contribution < -0.4 is 5.73 Å². The van der Waals surface area contributed by atoms with Gasteiger partial charge in [0.05, 0.1) is 6.61 Å². The number of rotatable bonds is 3. The summed E-state index contributed by atoms with van der Waals surface area (Å²) in [5.74, 6) is 0. The van der Waals surface area contributed by atoms with Gasteiger partial charge in [0.15, 0.2) is 0 Å². The van der Waals surface area contributed by atoms with Crippen molar-refractivity contribution < 1.29 is 5.11 Å². The lowest BCUT2D eigenvalue weighted by Gasteiger charge is -2.07. The van der Waals surface area contributed by atoms with Gasteiger partial charge in [-0.05, 0) is 24.1 Å². The zero-order valence-corrected chi connectivity index (χ0v) is 7.46. The molecule has 0 unspecified atom stereocenters. The SMILES string of the molecule is N[C@H](CO)Cc1cccc(Cl)c1. The molecule has 0 heterocycles. The van der Waals surface area contributed by atoms with E-state index in [9.17, 15) is 0 Å². The largest absolute Gasteiger partial charge is 0.395 e. The van der Waals surface area contributed by atoms with Crippen molar-refractivity contribution in [2.75, 3.05) is 6.61 Å². The highest BCUT2D eigenvalue weighted by Crippen LogP contribution is 2.11. The molecule has 0 aliphatic rings. The highest BCUT2D eigenvalue weighted by molar-refractivity contribution is 6.30. The fraction of sp³-hybridized carbons (Fsp3) is 0.333. The van der Waals surface area contributed by atoms with Crippen molar-refractivity contribution in [2.24, 2.45) is 5.73 Å². The third kappa shape index (κ3) is 2.81. The number of benzene rings is 1. The first-order valence-electron chi connectivity index (χ1n) is 3.83. The van der Waals surface area contributed by atoms with E-state index < -0.39 is 0 Å². The topological polar surface area (TPSA) is 46.2 Å². The maximum atomic E-state index is 8.71. The van der Waals surface area contributed by atoms with Crippen LogP contribution in [0.15, 0.2) is 24.3 Å². The Kier molecular flexibility index (Phi) is 3.53. The Labute approximate surface area is 77.0 Å². The van der Waals surface area contributed by atoms with Gasteiger partial charge in [0.2, 0.25) is 0 Å². The second-order valence-electron chi connectivity index (χ2n) is 2.78. The third-order valence-electron chi connectivity index (χ3n) is 1.62. The van der Waals surface area contributed by atoms with Gasteiger partial charge >= 0.3 is 0 Å². The first-order chi connectivity index (χ1) is 5.72. The van der Waals surface area contributed by atoms with E-state index >= 15 is 0 Å². The van der Waals surface area contributed by atoms with Crippen LogP contribution in [0.3, 0.4) is 0 Å². The average Bonchev–Trinajstić information content (AvgIpc) is 2.04. The molecular formula is C9H12ClNO. The summed E-state index contributed by atoms with van der Waals surface area (Å²) in [4.78, 5) is 0. The molecule has 0 bridgehead atoms. The van der Waals surface area contributed by atoms with Gasteiger partial charge < -0.3 is 10.8 Å². The van der Waals surface area contributed by atoms with E-state index in [1.165, 1.54) is 0 Å². The summed E-state index contributed by atoms with van der Waals surface area (Å²) in [5, 5.41) is 9.41. The molecule has 0 saturated carbocycles. The number of hydrogen-bond donors (Lipinski definition) is 2. The molecule has 66 valence electrons. The second-order valence-corrected chi connectivity index (χ2v) is 3.21. The van der Waals surface area contributed by atoms with Crippen molar-refractivity contribution in [3.8, 4) is 0 Å². The van der Waals surface area contributed by atoms with Gasteiger partial charge in [-0.3, -0.25) is 0 Å². The minimum atomic E-state index is -0.191. The van der Waals surface area contributed by atoms with Crippen LogP contribution in [0, 0.1) is 0 Å². The van der Waals surface area contributed by atoms with Crippen LogP contribution in [-0.2, 0) is 6.42 Å². The lowest BCUT2D eigenvalue weighted by Crippen LogP contribution is -2.26. The standard InChI is InChI=1S/C9H12ClNO/c10-8-3-1-2-7(4-8)5-9(11)6-12/h1-4,9,12H,5-6,11H2/t9-/m0/s1. The Bertz CT molecular complexity index is 252. The molecular weight excluding hydrogens is 174 g/mol. The summed E-state index contributed by atoms with van der Waals surface area (Å²) >= 11 is 5.77. The van der Waals surface area contributed by atoms with Crippen molar-refractivity contribution in [3.63, 3.8) is 0 Å². The van der Waals surface area contributed by atoms with Gasteiger partial charge in [-0.25, -0.2) is 0 Å². The van der Waals surface area contributed by atoms with Crippen molar-refractivity contribution in [2.45, 2.75) is 12.5 Å². The van der Waals surface area contributed by atoms with Crippen LogP contribution in [0.4, 0.5) is 0 Å². The van der Waals surface area contributed by atoms with Crippen molar-refractivity contribution in [3.05, 3.63) is 34.9 Å². The molecule has 2 nitrogen and oxygen atoms in total. The molecule has 0 radical (unpaired) electrons. The molecule has 3 N–H and O–H groups in total. The van der Waals surface area contributed by atoms with Gasteiger partial charge in [0.1, 0.15) is 0 Å². The predicted molar refractivity (Wildman–Crippen MR) is 50.2 cm³/mol. The fourth-order valence-corrected chi connectivity index (χ4v) is 1.24. The lowest BCUT2D eigenvalue weighted by molar-refractivity contribution is 0.265. The predicted octanol–water partition coefficient (Wildman–Crippen LogP) is 1.20. The van der Waals surface area contributed by atoms with Crippen LogP contribution in [0.2, 0.25) is 5.02 Å². The van der Waals surface area contributed by atoms with Gasteiger partial charge in [-0.2, -0.15) is 0 Å². The average molecular weight is 186 g/mol. The number of halogens is 1. The molecule has 0 fully saturated rings. The quantitative estimate of drug-likeness (QED) is 0.744. The summed E-state index contributed by atoms with van der Waals surface area (Å²) in [6.45, 7) is 0.00646. The Morgan fingerprint density at radius 2 is 2.25 bits per heavy atom. The third-order valence-corrected chi connectivity index (χ3v) is 1.86. The van der Waals surface area contributed by atoms with E-state index in [0.717, 1.165) is 5.56 Å². The zero-order valence-electron chi connectivity index (χ0n) is 6.70. The van der Waals surface area contributed by atoms with E-state index in [4.69, 9.17) is 22.4 Å². The highest BCUT2D eigenvalue weighted by Gasteiger charge is 2.01. The zero-order chi connectivity index (χ0) is 8.97. The monoisotopic (exact) mass is 185 g/mol. The van der Waals surface area contributed by atoms with Gasteiger partial charge in [0, 0.05) is 11.1 Å². The number of aliphatic hydroxyl groups is 1. The summed E-state index contributed by atoms with van der Waals surface area (Å²) < 4.78 is 0. The second kappa shape index (κ2) is 4.45. The molecule has 0 aliphatic carbocycles. The van der Waals surface area contributed by atoms with Crippen LogP contribution >= 0.6 is 11.6 Å². The Balaban J connectivity index is 2.63. The first kappa shape index (κ1) is 9.52. The van der Waals surface area contributed by atoms with E-state index in [-0.39, 0.29) is 12.6 Å². The van der Waals surface area contributed by atoms with Gasteiger partial charge in [-0.15, -0.1) is 0 Å². The first-order valence-corrected chi connectivity index (χ1v) is 4.21. The Morgan fingerprint density at radius 3 is 2.83 bits per heavy atom. The van der Waals surface area contributed by atoms with Crippen LogP contribution in [0.1, 0.15) is 5.56 Å². The molecule has 12 heavy (non-hydrogen) atoms. The molecule has 0 saturated heterocycles. The highest BCUT2D eigenvalue weighted by atomic mass is 35.5. The van der Waals surface area contributed by atoms with Gasteiger partial charge in [0.25, 0.3) is 0 Å². The summed E-state index contributed by atoms with van der Waals surface area (Å²) in [5.41, 5.74) is 6.62. The smallest absolute Gasteiger partial charge is 0.0585 e. The van der Waals surface area contributed by atoms with Crippen LogP contribution in [0.25, 0.3) is 0 Å². The van der Waals surface area contributed by atoms with Crippen molar-refractivity contribution >= 4 is 11.6 Å². The van der Waals surface area contributed by atoms with Crippen molar-refractivity contribution in [1.29, 1.82) is 0 Å². The van der Waals surface area contributed by atoms with E-state index in [1.54, 1.807) is 0 Å². The molecule has 0 amide bonds. The molecule has 0 spiro atoms. The molecule has 0 aromatic heterocycles. The van der Waals surface area contributed by atoms with Crippen LogP contribution in [0.5, 0.6) is 0 Å². The molecule has 1 atom stereocenters. The van der Waals surface area contributed by atoms with E-state index in [2.05, 4.69) is 0 Å². The lowest BCUT2D eigenvalue weighted by atomic mass is 10.1. The van der Waals surface area contributed by atoms with Crippen molar-refractivity contribution in [1.82, 2.24) is 0 Å². The minimum Gasteiger partial charge on any atom is -0.395 e. The molecule has 1 rings (SSSR count). The van der Waals surface area contributed by atoms with Crippen LogP contribution in [-0.4, -0.2) is 17.8 Å². The molecule has 3 heteroatoms. The molecule has 1 aromatic carbocycles. The maximum Gasteiger partial charge on any atom is 0.0585 e. The number of nitrogens with two attached hydrogens (primary N) is 1. The number of hydrogen-bond acceptors (Lipinski definition) is 2. The Hall–Kier alpha value is -0.570. The normalized spacial score (nSPS) is 12.9. The summed E-state index contributed by atoms with van der Waals surface area (Å²) in [6.07, 6.45) is 0.664. The van der Waals surface area contributed by atoms with Gasteiger partial charge in [-0.1, -0.05) is 23.7 Å². The minimum absolute atomic E-state index is 0.00646. The summed E-state index contributed by atoms with van der Waals surface area (Å²) in [6, 6.07) is 7.30. The molecule has 1 aromatic rings. The molecule has 0 aliphatic heterocycles. The summed E-state index contributed by atoms with van der Waals surface area (Å²) in [7, 11) is 0.